The van der Waals surface area contributed by atoms with Gasteiger partial charge >= 0.3 is 6.09 Å². The second kappa shape index (κ2) is 6.49. The maximum atomic E-state index is 12.2. The molecular formula is C18H29N3O3. The number of rotatable bonds is 3. The Morgan fingerprint density at radius 2 is 2.00 bits per heavy atom. The van der Waals surface area contributed by atoms with Crippen molar-refractivity contribution in [2.45, 2.75) is 53.1 Å². The molecule has 0 radical (unpaired) electrons. The number of amides is 1. The second-order valence-corrected chi connectivity index (χ2v) is 7.80. The van der Waals surface area contributed by atoms with Gasteiger partial charge in [0.05, 0.1) is 5.54 Å². The highest BCUT2D eigenvalue weighted by Gasteiger charge is 2.48. The van der Waals surface area contributed by atoms with E-state index in [2.05, 4.69) is 25.7 Å². The Labute approximate surface area is 143 Å². The Hall–Kier alpha value is -1.98. The molecule has 6 nitrogen and oxygen atoms in total. The predicted octanol–water partition coefficient (Wildman–Crippen LogP) is 2.86. The van der Waals surface area contributed by atoms with Crippen LogP contribution in [0.15, 0.2) is 23.1 Å². The van der Waals surface area contributed by atoms with Crippen molar-refractivity contribution in [3.05, 3.63) is 28.7 Å². The first-order valence-electron chi connectivity index (χ1n) is 8.56. The summed E-state index contributed by atoms with van der Waals surface area (Å²) in [4.78, 5) is 27.6. The van der Waals surface area contributed by atoms with Gasteiger partial charge in [0.15, 0.2) is 0 Å². The summed E-state index contributed by atoms with van der Waals surface area (Å²) in [7, 11) is 0. The lowest BCUT2D eigenvalue weighted by molar-refractivity contribution is 0.00745. The molecule has 1 aliphatic rings. The van der Waals surface area contributed by atoms with E-state index in [1.165, 1.54) is 0 Å². The summed E-state index contributed by atoms with van der Waals surface area (Å²) in [5.41, 5.74) is 0.108. The topological polar surface area (TPSA) is 65.8 Å². The zero-order chi connectivity index (χ0) is 18.1. The molecule has 1 amide bonds. The fraction of sp³-hybridized carbons (Fsp3) is 0.667. The lowest BCUT2D eigenvalue weighted by Crippen LogP contribution is -2.67. The Kier molecular flexibility index (Phi) is 4.97. The number of piperazine rings is 1. The summed E-state index contributed by atoms with van der Waals surface area (Å²) >= 11 is 0. The van der Waals surface area contributed by atoms with Crippen LogP contribution < -0.4 is 10.5 Å². The van der Waals surface area contributed by atoms with Crippen molar-refractivity contribution in [2.24, 2.45) is 5.41 Å². The van der Waals surface area contributed by atoms with Crippen molar-refractivity contribution in [3.8, 4) is 0 Å². The average molecular weight is 335 g/mol. The molecule has 0 aromatic carbocycles. The third kappa shape index (κ3) is 3.28. The van der Waals surface area contributed by atoms with E-state index in [4.69, 9.17) is 0 Å². The predicted molar refractivity (Wildman–Crippen MR) is 95.8 cm³/mol. The zero-order valence-electron chi connectivity index (χ0n) is 15.4. The molecule has 0 bridgehead atoms. The first-order valence-corrected chi connectivity index (χ1v) is 8.56. The van der Waals surface area contributed by atoms with Crippen LogP contribution in [-0.4, -0.2) is 45.8 Å². The van der Waals surface area contributed by atoms with Crippen LogP contribution in [0, 0.1) is 5.41 Å². The van der Waals surface area contributed by atoms with Crippen LogP contribution in [0.4, 0.5) is 10.5 Å². The molecule has 1 fully saturated rings. The third-order valence-corrected chi connectivity index (χ3v) is 5.34. The number of hydrogen-bond donors (Lipinski definition) is 1. The minimum Gasteiger partial charge on any atom is -0.465 e. The highest BCUT2D eigenvalue weighted by molar-refractivity contribution is 5.67. The quantitative estimate of drug-likeness (QED) is 0.922. The molecule has 24 heavy (non-hydrogen) atoms. The SMILES string of the molecule is CCCn1ccc(N2CCN(C(=O)O)C(C)(C(C)(C)C)C2)cc1=O. The van der Waals surface area contributed by atoms with Crippen LogP contribution in [0.2, 0.25) is 0 Å². The molecule has 0 spiro atoms. The van der Waals surface area contributed by atoms with Gasteiger partial charge in [-0.2, -0.15) is 0 Å². The number of aromatic nitrogens is 1. The molecule has 1 aliphatic heterocycles. The van der Waals surface area contributed by atoms with Crippen molar-refractivity contribution in [3.63, 3.8) is 0 Å². The van der Waals surface area contributed by atoms with E-state index in [1.807, 2.05) is 26.1 Å². The van der Waals surface area contributed by atoms with Gasteiger partial charge in [0.1, 0.15) is 0 Å². The van der Waals surface area contributed by atoms with E-state index in [9.17, 15) is 14.7 Å². The van der Waals surface area contributed by atoms with Gasteiger partial charge in [-0.05, 0) is 24.8 Å². The molecule has 2 rings (SSSR count). The van der Waals surface area contributed by atoms with Gasteiger partial charge in [-0.1, -0.05) is 27.7 Å². The monoisotopic (exact) mass is 335 g/mol. The maximum absolute atomic E-state index is 12.2. The molecule has 0 saturated carbocycles. The van der Waals surface area contributed by atoms with Crippen LogP contribution >= 0.6 is 0 Å². The van der Waals surface area contributed by atoms with Crippen molar-refractivity contribution in [1.29, 1.82) is 0 Å². The van der Waals surface area contributed by atoms with Gasteiger partial charge in [-0.25, -0.2) is 4.79 Å². The summed E-state index contributed by atoms with van der Waals surface area (Å²) in [5.74, 6) is 0. The van der Waals surface area contributed by atoms with Gasteiger partial charge < -0.3 is 14.6 Å². The Balaban J connectivity index is 2.33. The van der Waals surface area contributed by atoms with E-state index in [1.54, 1.807) is 15.5 Å². The number of carboxylic acid groups (broad SMARTS) is 1. The van der Waals surface area contributed by atoms with Crippen LogP contribution in [0.25, 0.3) is 0 Å². The van der Waals surface area contributed by atoms with E-state index in [-0.39, 0.29) is 11.0 Å². The third-order valence-electron chi connectivity index (χ3n) is 5.34. The summed E-state index contributed by atoms with van der Waals surface area (Å²) in [6.07, 6.45) is 1.86. The lowest BCUT2D eigenvalue weighted by Gasteiger charge is -2.54. The first kappa shape index (κ1) is 18.4. The van der Waals surface area contributed by atoms with E-state index >= 15 is 0 Å². The Morgan fingerprint density at radius 1 is 1.33 bits per heavy atom. The number of anilines is 1. The van der Waals surface area contributed by atoms with Crippen molar-refractivity contribution < 1.29 is 9.90 Å². The van der Waals surface area contributed by atoms with E-state index < -0.39 is 11.6 Å². The van der Waals surface area contributed by atoms with Crippen LogP contribution in [0.1, 0.15) is 41.0 Å². The van der Waals surface area contributed by atoms with Gasteiger partial charge in [0.25, 0.3) is 5.56 Å². The maximum Gasteiger partial charge on any atom is 0.407 e. The zero-order valence-corrected chi connectivity index (χ0v) is 15.4. The fourth-order valence-corrected chi connectivity index (χ4v) is 3.29. The highest BCUT2D eigenvalue weighted by atomic mass is 16.4. The van der Waals surface area contributed by atoms with Crippen molar-refractivity contribution >= 4 is 11.8 Å². The number of hydrogen-bond acceptors (Lipinski definition) is 3. The molecule has 1 atom stereocenters. The average Bonchev–Trinajstić information content (AvgIpc) is 2.48. The Bertz CT molecular complexity index is 662. The van der Waals surface area contributed by atoms with Crippen LogP contribution in [0.3, 0.4) is 0 Å². The largest absolute Gasteiger partial charge is 0.465 e. The molecule has 134 valence electrons. The summed E-state index contributed by atoms with van der Waals surface area (Å²) in [5, 5.41) is 9.59. The van der Waals surface area contributed by atoms with Gasteiger partial charge in [0.2, 0.25) is 0 Å². The molecule has 0 aliphatic carbocycles. The Morgan fingerprint density at radius 3 is 2.50 bits per heavy atom. The number of aryl methyl sites for hydroxylation is 1. The van der Waals surface area contributed by atoms with Crippen molar-refractivity contribution in [1.82, 2.24) is 9.47 Å². The fourth-order valence-electron chi connectivity index (χ4n) is 3.29. The lowest BCUT2D eigenvalue weighted by atomic mass is 9.72. The summed E-state index contributed by atoms with van der Waals surface area (Å²) in [6.45, 7) is 12.5. The smallest absolute Gasteiger partial charge is 0.407 e. The number of carbonyl (C=O) groups is 1. The molecule has 1 saturated heterocycles. The van der Waals surface area contributed by atoms with Gasteiger partial charge in [-0.3, -0.25) is 9.69 Å². The summed E-state index contributed by atoms with van der Waals surface area (Å²) < 4.78 is 1.71. The first-order chi connectivity index (χ1) is 11.1. The van der Waals surface area contributed by atoms with Gasteiger partial charge in [-0.15, -0.1) is 0 Å². The number of nitrogens with zero attached hydrogens (tertiary/aromatic N) is 3. The highest BCUT2D eigenvalue weighted by Crippen LogP contribution is 2.39. The molecule has 2 heterocycles. The van der Waals surface area contributed by atoms with E-state index in [0.29, 0.717) is 26.2 Å². The number of pyridine rings is 1. The molecule has 1 aromatic rings. The van der Waals surface area contributed by atoms with Crippen LogP contribution in [-0.2, 0) is 6.54 Å². The normalized spacial score (nSPS) is 21.9. The minimum atomic E-state index is -0.884. The second-order valence-electron chi connectivity index (χ2n) is 7.80. The molecule has 1 unspecified atom stereocenters. The standard InChI is InChI=1S/C18H29N3O3/c1-6-8-19-9-7-14(12-15(19)22)20-10-11-21(16(23)24)18(5,13-20)17(2,3)4/h7,9,12H,6,8,10-11,13H2,1-5H3,(H,23,24). The minimum absolute atomic E-state index is 0.00697. The molecule has 6 heteroatoms. The molecular weight excluding hydrogens is 306 g/mol. The summed E-state index contributed by atoms with van der Waals surface area (Å²) in [6, 6.07) is 3.62. The van der Waals surface area contributed by atoms with Crippen LogP contribution in [0.5, 0.6) is 0 Å². The van der Waals surface area contributed by atoms with E-state index in [0.717, 1.165) is 12.1 Å². The molecule has 1 N–H and O–H groups in total. The molecule has 1 aromatic heterocycles. The van der Waals surface area contributed by atoms with Crippen molar-refractivity contribution in [2.75, 3.05) is 24.5 Å². The van der Waals surface area contributed by atoms with Gasteiger partial charge in [0, 0.05) is 44.1 Å².